The molecule has 2 N–H and O–H groups in total. The summed E-state index contributed by atoms with van der Waals surface area (Å²) >= 11 is 0. The molecule has 0 aromatic heterocycles. The summed E-state index contributed by atoms with van der Waals surface area (Å²) in [6.07, 6.45) is 0. The lowest BCUT2D eigenvalue weighted by Gasteiger charge is -2.26. The second-order valence-electron chi connectivity index (χ2n) is 9.06. The Labute approximate surface area is 239 Å². The highest BCUT2D eigenvalue weighted by atomic mass is 32.2. The highest BCUT2D eigenvalue weighted by Crippen LogP contribution is 2.32. The van der Waals surface area contributed by atoms with Crippen LogP contribution in [0, 0.1) is 0 Å². The van der Waals surface area contributed by atoms with Crippen LogP contribution in [-0.4, -0.2) is 41.0 Å². The van der Waals surface area contributed by atoms with Crippen LogP contribution in [0.5, 0.6) is 11.5 Å². The molecule has 4 rings (SSSR count). The Morgan fingerprint density at radius 1 is 0.805 bits per heavy atom. The zero-order valence-electron chi connectivity index (χ0n) is 22.9. The Hall–Kier alpha value is -4.83. The molecule has 0 aliphatic rings. The van der Waals surface area contributed by atoms with Crippen molar-refractivity contribution in [3.8, 4) is 11.5 Å². The molecule has 1 atom stereocenters. The molecule has 0 fully saturated rings. The van der Waals surface area contributed by atoms with Gasteiger partial charge in [0.1, 0.15) is 18.0 Å². The van der Waals surface area contributed by atoms with Crippen LogP contribution in [-0.2, 0) is 14.8 Å². The first-order valence-corrected chi connectivity index (χ1v) is 14.2. The number of rotatable bonds is 11. The molecular weight excluding hydrogens is 542 g/mol. The van der Waals surface area contributed by atoms with Crippen LogP contribution in [0.25, 0.3) is 0 Å². The highest BCUT2D eigenvalue weighted by Gasteiger charge is 2.30. The van der Waals surface area contributed by atoms with Crippen LogP contribution in [0.1, 0.15) is 28.9 Å². The minimum Gasteiger partial charge on any atom is -0.497 e. The Morgan fingerprint density at radius 3 is 2.12 bits per heavy atom. The molecular formula is C31H31N3O6S. The van der Waals surface area contributed by atoms with E-state index in [0.717, 1.165) is 9.87 Å². The molecule has 4 aromatic carbocycles. The number of methoxy groups -OCH3 is 2. The first-order chi connectivity index (χ1) is 19.7. The first kappa shape index (κ1) is 29.2. The van der Waals surface area contributed by atoms with Gasteiger partial charge in [-0.05, 0) is 61.0 Å². The van der Waals surface area contributed by atoms with Crippen molar-refractivity contribution in [2.75, 3.05) is 30.4 Å². The fourth-order valence-electron chi connectivity index (χ4n) is 4.22. The maximum absolute atomic E-state index is 13.8. The molecule has 0 unspecified atom stereocenters. The van der Waals surface area contributed by atoms with Gasteiger partial charge in [-0.25, -0.2) is 8.42 Å². The van der Waals surface area contributed by atoms with Crippen LogP contribution in [0.4, 0.5) is 11.4 Å². The fourth-order valence-corrected chi connectivity index (χ4v) is 5.65. The Morgan fingerprint density at radius 2 is 1.44 bits per heavy atom. The smallest absolute Gasteiger partial charge is 0.264 e. The maximum atomic E-state index is 13.8. The molecule has 10 heteroatoms. The zero-order valence-corrected chi connectivity index (χ0v) is 23.7. The molecule has 0 radical (unpaired) electrons. The van der Waals surface area contributed by atoms with E-state index in [1.807, 2.05) is 37.3 Å². The number of para-hydroxylation sites is 3. The van der Waals surface area contributed by atoms with E-state index in [0.29, 0.717) is 5.75 Å². The summed E-state index contributed by atoms with van der Waals surface area (Å²) in [6, 6.07) is 28.1. The molecule has 4 aromatic rings. The van der Waals surface area contributed by atoms with Gasteiger partial charge >= 0.3 is 0 Å². The minimum absolute atomic E-state index is 0.0355. The van der Waals surface area contributed by atoms with Crippen molar-refractivity contribution in [1.29, 1.82) is 0 Å². The summed E-state index contributed by atoms with van der Waals surface area (Å²) in [4.78, 5) is 26.5. The number of hydrogen-bond donors (Lipinski definition) is 2. The summed E-state index contributed by atoms with van der Waals surface area (Å²) in [5, 5.41) is 5.66. The van der Waals surface area contributed by atoms with Crippen LogP contribution in [0.3, 0.4) is 0 Å². The van der Waals surface area contributed by atoms with Crippen molar-refractivity contribution in [3.05, 3.63) is 114 Å². The molecule has 0 heterocycles. The standard InChI is InChI=1S/C31H31N3O6S/c1-22(23-11-5-4-6-12-23)32-31(36)26-13-7-8-14-27(26)33-30(35)21-34(28-15-9-10-16-29(28)40-3)41(37,38)25-19-17-24(39-2)18-20-25/h4-20,22H,21H2,1-3H3,(H,32,36)(H,33,35)/t22-/m0/s1. The quantitative estimate of drug-likeness (QED) is 0.260. The number of ether oxygens (including phenoxy) is 2. The molecule has 0 saturated carbocycles. The summed E-state index contributed by atoms with van der Waals surface area (Å²) in [6.45, 7) is 1.29. The lowest BCUT2D eigenvalue weighted by Crippen LogP contribution is -2.38. The van der Waals surface area contributed by atoms with Gasteiger partial charge in [0.2, 0.25) is 5.91 Å². The molecule has 0 saturated heterocycles. The lowest BCUT2D eigenvalue weighted by atomic mass is 10.1. The molecule has 9 nitrogen and oxygen atoms in total. The van der Waals surface area contributed by atoms with Gasteiger partial charge in [0.05, 0.1) is 42.1 Å². The predicted octanol–water partition coefficient (Wildman–Crippen LogP) is 5.03. The zero-order chi connectivity index (χ0) is 29.4. The van der Waals surface area contributed by atoms with E-state index in [1.165, 1.54) is 38.5 Å². The summed E-state index contributed by atoms with van der Waals surface area (Å²) in [5.74, 6) is -0.275. The summed E-state index contributed by atoms with van der Waals surface area (Å²) in [7, 11) is -1.31. The molecule has 0 bridgehead atoms. The number of amides is 2. The van der Waals surface area contributed by atoms with Crippen molar-refractivity contribution in [1.82, 2.24) is 5.32 Å². The SMILES string of the molecule is COc1ccc(S(=O)(=O)N(CC(=O)Nc2ccccc2C(=O)N[C@@H](C)c2ccccc2)c2ccccc2OC)cc1. The average Bonchev–Trinajstić information content (AvgIpc) is 3.00. The number of nitrogens with one attached hydrogen (secondary N) is 2. The summed E-state index contributed by atoms with van der Waals surface area (Å²) in [5.41, 5.74) is 1.60. The van der Waals surface area contributed by atoms with Crippen LogP contribution < -0.4 is 24.4 Å². The number of carbonyl (C=O) groups is 2. The van der Waals surface area contributed by atoms with E-state index >= 15 is 0 Å². The van der Waals surface area contributed by atoms with Gasteiger partial charge in [-0.1, -0.05) is 54.6 Å². The normalized spacial score (nSPS) is 11.7. The number of sulfonamides is 1. The summed E-state index contributed by atoms with van der Waals surface area (Å²) < 4.78 is 39.1. The first-order valence-electron chi connectivity index (χ1n) is 12.8. The topological polar surface area (TPSA) is 114 Å². The fraction of sp³-hybridized carbons (Fsp3) is 0.161. The Balaban J connectivity index is 1.61. The molecule has 0 aliphatic carbocycles. The van der Waals surface area contributed by atoms with Crippen LogP contribution >= 0.6 is 0 Å². The van der Waals surface area contributed by atoms with Gasteiger partial charge in [-0.2, -0.15) is 0 Å². The van der Waals surface area contributed by atoms with Gasteiger partial charge in [0.15, 0.2) is 0 Å². The molecule has 41 heavy (non-hydrogen) atoms. The van der Waals surface area contributed by atoms with Crippen molar-refractivity contribution < 1.29 is 27.5 Å². The maximum Gasteiger partial charge on any atom is 0.264 e. The molecule has 2 amide bonds. The third-order valence-corrected chi connectivity index (χ3v) is 8.16. The van der Waals surface area contributed by atoms with Crippen molar-refractivity contribution in [3.63, 3.8) is 0 Å². The van der Waals surface area contributed by atoms with E-state index in [-0.39, 0.29) is 39.5 Å². The number of hydrogen-bond acceptors (Lipinski definition) is 6. The third kappa shape index (κ3) is 6.85. The van der Waals surface area contributed by atoms with Crippen LogP contribution in [0.15, 0.2) is 108 Å². The molecule has 0 aliphatic heterocycles. The number of benzene rings is 4. The largest absolute Gasteiger partial charge is 0.497 e. The van der Waals surface area contributed by atoms with Crippen molar-refractivity contribution >= 4 is 33.2 Å². The van der Waals surface area contributed by atoms with Gasteiger partial charge in [-0.15, -0.1) is 0 Å². The lowest BCUT2D eigenvalue weighted by molar-refractivity contribution is -0.114. The Kier molecular flexibility index (Phi) is 9.26. The second kappa shape index (κ2) is 13.0. The van der Waals surface area contributed by atoms with Crippen molar-refractivity contribution in [2.45, 2.75) is 17.9 Å². The second-order valence-corrected chi connectivity index (χ2v) is 10.9. The monoisotopic (exact) mass is 573 g/mol. The van der Waals surface area contributed by atoms with Crippen LogP contribution in [0.2, 0.25) is 0 Å². The number of anilines is 2. The predicted molar refractivity (Wildman–Crippen MR) is 158 cm³/mol. The molecule has 0 spiro atoms. The van der Waals surface area contributed by atoms with E-state index < -0.39 is 22.5 Å². The van der Waals surface area contributed by atoms with Gasteiger partial charge in [0, 0.05) is 0 Å². The average molecular weight is 574 g/mol. The van der Waals surface area contributed by atoms with Gasteiger partial charge in [-0.3, -0.25) is 13.9 Å². The third-order valence-electron chi connectivity index (χ3n) is 6.38. The van der Waals surface area contributed by atoms with E-state index in [4.69, 9.17) is 9.47 Å². The van der Waals surface area contributed by atoms with E-state index in [1.54, 1.807) is 48.5 Å². The van der Waals surface area contributed by atoms with Gasteiger partial charge < -0.3 is 20.1 Å². The highest BCUT2D eigenvalue weighted by molar-refractivity contribution is 7.92. The van der Waals surface area contributed by atoms with Crippen molar-refractivity contribution in [2.24, 2.45) is 0 Å². The minimum atomic E-state index is -4.21. The number of nitrogens with zero attached hydrogens (tertiary/aromatic N) is 1. The Bertz CT molecular complexity index is 1610. The van der Waals surface area contributed by atoms with Gasteiger partial charge in [0.25, 0.3) is 15.9 Å². The van der Waals surface area contributed by atoms with E-state index in [9.17, 15) is 18.0 Å². The van der Waals surface area contributed by atoms with E-state index in [2.05, 4.69) is 10.6 Å². The molecule has 212 valence electrons. The number of carbonyl (C=O) groups excluding carboxylic acids is 2.